The van der Waals surface area contributed by atoms with Gasteiger partial charge in [-0.15, -0.1) is 0 Å². The van der Waals surface area contributed by atoms with Crippen molar-refractivity contribution < 1.29 is 8.42 Å². The third-order valence-corrected chi connectivity index (χ3v) is 5.70. The minimum Gasteiger partial charge on any atom is -0.320 e. The highest BCUT2D eigenvalue weighted by Gasteiger charge is 2.41. The van der Waals surface area contributed by atoms with Crippen LogP contribution in [0.1, 0.15) is 37.3 Å². The fourth-order valence-corrected chi connectivity index (χ4v) is 3.70. The van der Waals surface area contributed by atoms with Gasteiger partial charge in [-0.3, -0.25) is 0 Å². The van der Waals surface area contributed by atoms with E-state index < -0.39 is 10.0 Å². The first kappa shape index (κ1) is 16.0. The normalized spacial score (nSPS) is 16.1. The topological polar surface area (TPSA) is 72.2 Å². The van der Waals surface area contributed by atoms with E-state index in [4.69, 9.17) is 5.73 Å². The lowest BCUT2D eigenvalue weighted by molar-refractivity contribution is 0.475. The molecule has 0 unspecified atom stereocenters. The van der Waals surface area contributed by atoms with E-state index in [9.17, 15) is 8.42 Å². The Morgan fingerprint density at radius 1 is 1.38 bits per heavy atom. The van der Waals surface area contributed by atoms with Gasteiger partial charge in [-0.1, -0.05) is 24.8 Å². The molecule has 114 valence electrons. The lowest BCUT2D eigenvalue weighted by Gasteiger charge is -2.15. The van der Waals surface area contributed by atoms with E-state index in [-0.39, 0.29) is 12.0 Å². The molecule has 1 saturated carbocycles. The molecule has 5 heteroatoms. The zero-order valence-corrected chi connectivity index (χ0v) is 13.4. The van der Waals surface area contributed by atoms with Crippen LogP contribution in [0.5, 0.6) is 0 Å². The van der Waals surface area contributed by atoms with Gasteiger partial charge in [-0.2, -0.15) is 0 Å². The minimum atomic E-state index is -3.49. The Hall–Kier alpha value is -1.35. The number of benzene rings is 1. The van der Waals surface area contributed by atoms with Gasteiger partial charge in [0, 0.05) is 12.1 Å². The molecule has 1 aliphatic rings. The summed E-state index contributed by atoms with van der Waals surface area (Å²) in [6.45, 7) is 4.67. The maximum absolute atomic E-state index is 12.5. The fourth-order valence-electron chi connectivity index (χ4n) is 2.28. The third-order valence-electron chi connectivity index (χ3n) is 4.16. The number of nitrogens with one attached hydrogen (secondary N) is 1. The maximum Gasteiger partial charge on any atom is 0.240 e. The zero-order chi connectivity index (χ0) is 15.5. The highest BCUT2D eigenvalue weighted by atomic mass is 32.2. The number of sulfonamides is 1. The smallest absolute Gasteiger partial charge is 0.240 e. The van der Waals surface area contributed by atoms with E-state index in [1.165, 1.54) is 0 Å². The van der Waals surface area contributed by atoms with Crippen LogP contribution in [0.3, 0.4) is 0 Å². The number of nitrogens with two attached hydrogens (primary N) is 1. The van der Waals surface area contributed by atoms with Gasteiger partial charge in [0.15, 0.2) is 0 Å². The molecule has 1 fully saturated rings. The van der Waals surface area contributed by atoms with E-state index in [2.05, 4.69) is 23.5 Å². The molecule has 0 aliphatic heterocycles. The van der Waals surface area contributed by atoms with E-state index in [0.717, 1.165) is 24.8 Å². The molecule has 1 aromatic carbocycles. The predicted molar refractivity (Wildman–Crippen MR) is 84.3 cm³/mol. The largest absolute Gasteiger partial charge is 0.320 e. The highest BCUT2D eigenvalue weighted by molar-refractivity contribution is 7.89. The van der Waals surface area contributed by atoms with Crippen molar-refractivity contribution in [1.82, 2.24) is 4.72 Å². The number of aryl methyl sites for hydroxylation is 1. The monoisotopic (exact) mass is 306 g/mol. The molecule has 3 N–H and O–H groups in total. The summed E-state index contributed by atoms with van der Waals surface area (Å²) in [5.41, 5.74) is 6.92. The van der Waals surface area contributed by atoms with Gasteiger partial charge in [0.05, 0.1) is 11.4 Å². The van der Waals surface area contributed by atoms with Gasteiger partial charge >= 0.3 is 0 Å². The van der Waals surface area contributed by atoms with Gasteiger partial charge in [-0.25, -0.2) is 13.1 Å². The van der Waals surface area contributed by atoms with Gasteiger partial charge in [-0.05, 0) is 49.3 Å². The number of rotatable bonds is 5. The first-order chi connectivity index (χ1) is 9.92. The molecule has 2 rings (SSSR count). The molecular weight excluding hydrogens is 284 g/mol. The molecular formula is C16H22N2O2S. The molecule has 0 amide bonds. The molecule has 21 heavy (non-hydrogen) atoms. The fraction of sp³-hybridized carbons (Fsp3) is 0.500. The van der Waals surface area contributed by atoms with Crippen LogP contribution in [-0.2, 0) is 10.0 Å². The first-order valence-electron chi connectivity index (χ1n) is 7.22. The summed E-state index contributed by atoms with van der Waals surface area (Å²) >= 11 is 0. The Balaban J connectivity index is 2.22. The molecule has 0 saturated heterocycles. The van der Waals surface area contributed by atoms with Crippen LogP contribution in [0.15, 0.2) is 23.1 Å². The zero-order valence-electron chi connectivity index (χ0n) is 12.6. The van der Waals surface area contributed by atoms with Crippen LogP contribution in [-0.4, -0.2) is 21.5 Å². The van der Waals surface area contributed by atoms with Crippen LogP contribution in [0.2, 0.25) is 0 Å². The quantitative estimate of drug-likeness (QED) is 0.814. The summed E-state index contributed by atoms with van der Waals surface area (Å²) in [6.07, 6.45) is 3.22. The first-order valence-corrected chi connectivity index (χ1v) is 8.70. The van der Waals surface area contributed by atoms with Crippen molar-refractivity contribution in [2.75, 3.05) is 13.1 Å². The van der Waals surface area contributed by atoms with Crippen LogP contribution < -0.4 is 10.5 Å². The molecule has 4 nitrogen and oxygen atoms in total. The second-order valence-electron chi connectivity index (χ2n) is 5.66. The number of hydrogen-bond donors (Lipinski definition) is 2. The Kier molecular flexibility index (Phi) is 4.72. The molecule has 0 aromatic heterocycles. The Morgan fingerprint density at radius 2 is 2.10 bits per heavy atom. The van der Waals surface area contributed by atoms with Crippen molar-refractivity contribution in [3.05, 3.63) is 29.3 Å². The molecule has 0 spiro atoms. The van der Waals surface area contributed by atoms with Crippen molar-refractivity contribution in [2.45, 2.75) is 38.0 Å². The summed E-state index contributed by atoms with van der Waals surface area (Å²) in [4.78, 5) is 0.304. The lowest BCUT2D eigenvalue weighted by Crippen LogP contribution is -2.30. The van der Waals surface area contributed by atoms with Crippen LogP contribution >= 0.6 is 0 Å². The van der Waals surface area contributed by atoms with Crippen molar-refractivity contribution in [1.29, 1.82) is 0 Å². The van der Waals surface area contributed by atoms with Crippen LogP contribution in [0.4, 0.5) is 0 Å². The second-order valence-corrected chi connectivity index (χ2v) is 7.40. The molecule has 0 bridgehead atoms. The second kappa shape index (κ2) is 6.18. The average Bonchev–Trinajstić information content (AvgIpc) is 3.25. The van der Waals surface area contributed by atoms with E-state index in [0.29, 0.717) is 17.0 Å². The Labute approximate surface area is 127 Å². The SMILES string of the molecule is CCC1(CNS(=O)(=O)c2cc(C#CCN)ccc2C)CC1. The minimum absolute atomic E-state index is 0.179. The summed E-state index contributed by atoms with van der Waals surface area (Å²) < 4.78 is 27.7. The summed E-state index contributed by atoms with van der Waals surface area (Å²) in [5.74, 6) is 5.61. The van der Waals surface area contributed by atoms with E-state index in [1.807, 2.05) is 6.07 Å². The van der Waals surface area contributed by atoms with Crippen molar-refractivity contribution in [3.8, 4) is 11.8 Å². The Bertz CT molecular complexity index is 680. The maximum atomic E-state index is 12.5. The average molecular weight is 306 g/mol. The summed E-state index contributed by atoms with van der Waals surface area (Å²) in [7, 11) is -3.49. The predicted octanol–water partition coefficient (Wildman–Crippen LogP) is 1.77. The molecule has 0 heterocycles. The number of hydrogen-bond acceptors (Lipinski definition) is 3. The van der Waals surface area contributed by atoms with Gasteiger partial charge in [0.25, 0.3) is 0 Å². The summed E-state index contributed by atoms with van der Waals surface area (Å²) in [6, 6.07) is 5.21. The van der Waals surface area contributed by atoms with Crippen LogP contribution in [0.25, 0.3) is 0 Å². The third kappa shape index (κ3) is 3.85. The van der Waals surface area contributed by atoms with Crippen LogP contribution in [0, 0.1) is 24.2 Å². The molecule has 1 aromatic rings. The van der Waals surface area contributed by atoms with Gasteiger partial charge in [0.2, 0.25) is 10.0 Å². The highest BCUT2D eigenvalue weighted by Crippen LogP contribution is 2.48. The van der Waals surface area contributed by atoms with E-state index in [1.54, 1.807) is 19.1 Å². The van der Waals surface area contributed by atoms with Gasteiger partial charge in [0.1, 0.15) is 0 Å². The van der Waals surface area contributed by atoms with E-state index >= 15 is 0 Å². The summed E-state index contributed by atoms with van der Waals surface area (Å²) in [5, 5.41) is 0. The molecule has 1 aliphatic carbocycles. The van der Waals surface area contributed by atoms with Crippen molar-refractivity contribution in [3.63, 3.8) is 0 Å². The van der Waals surface area contributed by atoms with Crippen molar-refractivity contribution in [2.24, 2.45) is 11.1 Å². The Morgan fingerprint density at radius 3 is 2.67 bits per heavy atom. The standard InChI is InChI=1S/C16H22N2O2S/c1-3-16(8-9-16)12-18-21(19,20)15-11-14(5-4-10-17)7-6-13(15)2/h6-7,11,18H,3,8-10,12,17H2,1-2H3. The lowest BCUT2D eigenvalue weighted by atomic mass is 10.1. The van der Waals surface area contributed by atoms with Gasteiger partial charge < -0.3 is 5.73 Å². The molecule has 0 atom stereocenters. The molecule has 0 radical (unpaired) electrons. The van der Waals surface area contributed by atoms with Crippen molar-refractivity contribution >= 4 is 10.0 Å².